The summed E-state index contributed by atoms with van der Waals surface area (Å²) in [6.45, 7) is 6.77. The van der Waals surface area contributed by atoms with Crippen LogP contribution in [0.3, 0.4) is 0 Å². The van der Waals surface area contributed by atoms with Crippen LogP contribution in [0.5, 0.6) is 0 Å². The Morgan fingerprint density at radius 1 is 0.236 bits per heavy atom. The van der Waals surface area contributed by atoms with Crippen molar-refractivity contribution < 1.29 is 69.6 Å². The summed E-state index contributed by atoms with van der Waals surface area (Å²) in [6, 6.07) is 0. The van der Waals surface area contributed by atoms with E-state index in [1.54, 1.807) is 0 Å². The van der Waals surface area contributed by atoms with Crippen molar-refractivity contribution in [1.82, 2.24) is 0 Å². The normalized spacial score (nSPS) is 10.5. The fourth-order valence-electron chi connectivity index (χ4n) is 6.86. The van der Waals surface area contributed by atoms with E-state index in [2.05, 4.69) is 20.8 Å². The molecule has 0 aromatic rings. The molecule has 1 radical (unpaired) electrons. The van der Waals surface area contributed by atoms with Gasteiger partial charge < -0.3 is 29.7 Å². The molecular weight excluding hydrogens is 830 g/mol. The van der Waals surface area contributed by atoms with Crippen LogP contribution < -0.4 is 15.3 Å². The van der Waals surface area contributed by atoms with E-state index in [0.29, 0.717) is 0 Å². The molecule has 0 aliphatic carbocycles. The molecule has 0 amide bonds. The molecule has 55 heavy (non-hydrogen) atoms. The summed E-state index contributed by atoms with van der Waals surface area (Å²) in [5, 5.41) is 30.6. The topological polar surface area (TPSA) is 120 Å². The van der Waals surface area contributed by atoms with Crippen LogP contribution in [0.4, 0.5) is 0 Å². The van der Waals surface area contributed by atoms with Gasteiger partial charge in [-0.15, -0.1) is 0 Å². The molecule has 7 heteroatoms. The summed E-state index contributed by atoms with van der Waals surface area (Å²) in [5.41, 5.74) is 0. The molecule has 329 valence electrons. The third kappa shape index (κ3) is 71.9. The molecule has 6 nitrogen and oxygen atoms in total. The fourth-order valence-corrected chi connectivity index (χ4v) is 6.86. The van der Waals surface area contributed by atoms with Crippen LogP contribution >= 0.6 is 0 Å². The number of aliphatic carboxylic acids is 3. The summed E-state index contributed by atoms with van der Waals surface area (Å²) in [6.07, 6.45) is 50.8. The molecule has 0 bridgehead atoms. The van der Waals surface area contributed by atoms with Crippen LogP contribution in [-0.4, -0.2) is 17.9 Å². The van der Waals surface area contributed by atoms with Crippen LogP contribution in [0.2, 0.25) is 0 Å². The minimum absolute atomic E-state index is 0. The van der Waals surface area contributed by atoms with Crippen molar-refractivity contribution in [3.63, 3.8) is 0 Å². The molecule has 0 atom stereocenters. The van der Waals surface area contributed by atoms with Crippen LogP contribution in [0.15, 0.2) is 0 Å². The Hall–Kier alpha value is -0.265. The van der Waals surface area contributed by atoms with E-state index in [4.69, 9.17) is 0 Å². The van der Waals surface area contributed by atoms with E-state index in [9.17, 15) is 29.7 Å². The van der Waals surface area contributed by atoms with E-state index in [1.807, 2.05) is 0 Å². The maximum absolute atomic E-state index is 10.2. The van der Waals surface area contributed by atoms with Gasteiger partial charge in [-0.2, -0.15) is 0 Å². The third-order valence-electron chi connectivity index (χ3n) is 10.5. The average molecular weight is 924 g/mol. The number of carboxylic acid groups (broad SMARTS) is 3. The SMILES string of the molecule is CCCCCCCCCCCCCCCC(=O)[O-].CCCCCCCCCCCCCCCC(=O)[O-].CCCCCCCCCCCCCCCC(=O)[O-].[Gd+3]. The number of carbonyl (C=O) groups is 3. The van der Waals surface area contributed by atoms with Gasteiger partial charge in [0, 0.05) is 17.9 Å². The molecule has 0 N–H and O–H groups in total. The first-order chi connectivity index (χ1) is 26.3. The largest absolute Gasteiger partial charge is 3.00 e. The zero-order valence-electron chi connectivity index (χ0n) is 37.0. The van der Waals surface area contributed by atoms with Crippen molar-refractivity contribution >= 4 is 17.9 Å². The first-order valence-electron chi connectivity index (χ1n) is 23.9. The van der Waals surface area contributed by atoms with Gasteiger partial charge in [-0.3, -0.25) is 0 Å². The zero-order valence-corrected chi connectivity index (χ0v) is 39.3. The number of carbonyl (C=O) groups excluding carboxylic acids is 3. The monoisotopic (exact) mass is 924 g/mol. The van der Waals surface area contributed by atoms with E-state index >= 15 is 0 Å². The van der Waals surface area contributed by atoms with Gasteiger partial charge in [0.15, 0.2) is 0 Å². The minimum Gasteiger partial charge on any atom is -0.550 e. The molecule has 0 unspecified atom stereocenters. The fraction of sp³-hybridized carbons (Fsp3) is 0.938. The first kappa shape index (κ1) is 61.4. The Morgan fingerprint density at radius 2 is 0.345 bits per heavy atom. The van der Waals surface area contributed by atoms with E-state index in [-0.39, 0.29) is 59.2 Å². The van der Waals surface area contributed by atoms with Crippen molar-refractivity contribution in [2.24, 2.45) is 0 Å². The first-order valence-corrected chi connectivity index (χ1v) is 23.9. The molecule has 0 aliphatic heterocycles. The van der Waals surface area contributed by atoms with Gasteiger partial charge >= 0.3 is 39.9 Å². The molecular formula is C48H93GdO6. The second-order valence-corrected chi connectivity index (χ2v) is 16.1. The van der Waals surface area contributed by atoms with Gasteiger partial charge in [-0.1, -0.05) is 252 Å². The Morgan fingerprint density at radius 3 is 0.455 bits per heavy atom. The predicted octanol–water partition coefficient (Wildman–Crippen LogP) is 12.7. The predicted molar refractivity (Wildman–Crippen MR) is 226 cm³/mol. The van der Waals surface area contributed by atoms with Gasteiger partial charge in [-0.05, 0) is 38.5 Å². The molecule has 0 aliphatic rings. The standard InChI is InChI=1S/3C16H32O2.Gd/c3*1-2-3-4-5-6-7-8-9-10-11-12-13-14-15-16(17)18;/h3*2-15H2,1H3,(H,17,18);/q;;;+3/p-3. The molecule has 0 fully saturated rings. The van der Waals surface area contributed by atoms with Crippen LogP contribution in [0.25, 0.3) is 0 Å². The van der Waals surface area contributed by atoms with E-state index < -0.39 is 17.9 Å². The molecule has 0 saturated heterocycles. The summed E-state index contributed by atoms with van der Waals surface area (Å²) in [4.78, 5) is 30.6. The molecule has 0 saturated carbocycles. The smallest absolute Gasteiger partial charge is 0.550 e. The van der Waals surface area contributed by atoms with Crippen LogP contribution in [-0.2, 0) is 14.4 Å². The number of unbranched alkanes of at least 4 members (excludes halogenated alkanes) is 36. The zero-order chi connectivity index (χ0) is 40.4. The number of hydrogen-bond donors (Lipinski definition) is 0. The van der Waals surface area contributed by atoms with Gasteiger partial charge in [0.1, 0.15) is 0 Å². The quantitative estimate of drug-likeness (QED) is 0.0562. The van der Waals surface area contributed by atoms with Gasteiger partial charge in [0.2, 0.25) is 0 Å². The van der Waals surface area contributed by atoms with Crippen molar-refractivity contribution in [2.75, 3.05) is 0 Å². The summed E-state index contributed by atoms with van der Waals surface area (Å²) in [5.74, 6) is -2.71. The van der Waals surface area contributed by atoms with Crippen molar-refractivity contribution in [3.8, 4) is 0 Å². The maximum atomic E-state index is 10.2. The number of hydrogen-bond acceptors (Lipinski definition) is 6. The Kier molecular flexibility index (Phi) is 64.8. The molecule has 0 spiro atoms. The number of rotatable bonds is 42. The second-order valence-electron chi connectivity index (χ2n) is 16.1. The van der Waals surface area contributed by atoms with Crippen LogP contribution in [0.1, 0.15) is 290 Å². The summed E-state index contributed by atoms with van der Waals surface area (Å²) < 4.78 is 0. The summed E-state index contributed by atoms with van der Waals surface area (Å²) in [7, 11) is 0. The molecule has 0 aromatic carbocycles. The third-order valence-corrected chi connectivity index (χ3v) is 10.5. The van der Waals surface area contributed by atoms with Gasteiger partial charge in [0.05, 0.1) is 0 Å². The molecule has 0 heterocycles. The molecule has 0 aromatic heterocycles. The second kappa shape index (κ2) is 58.1. The maximum Gasteiger partial charge on any atom is 3.00 e. The average Bonchev–Trinajstić information content (AvgIpc) is 3.14. The van der Waals surface area contributed by atoms with E-state index in [0.717, 1.165) is 38.5 Å². The Bertz CT molecular complexity index is 636. The van der Waals surface area contributed by atoms with E-state index in [1.165, 1.54) is 212 Å². The van der Waals surface area contributed by atoms with Crippen LogP contribution in [0, 0.1) is 39.9 Å². The van der Waals surface area contributed by atoms with Gasteiger partial charge in [0.25, 0.3) is 0 Å². The Balaban J connectivity index is -0.000000351. The number of carboxylic acids is 3. The van der Waals surface area contributed by atoms with Crippen molar-refractivity contribution in [2.45, 2.75) is 290 Å². The minimum atomic E-state index is -0.905. The summed E-state index contributed by atoms with van der Waals surface area (Å²) >= 11 is 0. The van der Waals surface area contributed by atoms with Crippen molar-refractivity contribution in [1.29, 1.82) is 0 Å². The molecule has 0 rings (SSSR count). The Labute approximate surface area is 375 Å². The van der Waals surface area contributed by atoms with Gasteiger partial charge in [-0.25, -0.2) is 0 Å². The van der Waals surface area contributed by atoms with Crippen molar-refractivity contribution in [3.05, 3.63) is 0 Å².